The smallest absolute Gasteiger partial charge is 0.220 e. The number of carbonyl (C=O) groups excluding carboxylic acids is 1. The van der Waals surface area contributed by atoms with Gasteiger partial charge in [-0.05, 0) is 19.3 Å². The van der Waals surface area contributed by atoms with Crippen LogP contribution in [0.25, 0.3) is 0 Å². The van der Waals surface area contributed by atoms with Crippen molar-refractivity contribution in [2.24, 2.45) is 5.92 Å². The SMILES string of the molecule is C=C(C)C(NC(=O)CCc1csc(C(C)C)n1)C(C)C. The molecule has 20 heavy (non-hydrogen) atoms. The fourth-order valence-electron chi connectivity index (χ4n) is 2.05. The lowest BCUT2D eigenvalue weighted by Crippen LogP contribution is -2.39. The van der Waals surface area contributed by atoms with E-state index < -0.39 is 0 Å². The Hall–Kier alpha value is -1.16. The Labute approximate surface area is 126 Å². The maximum atomic E-state index is 12.0. The molecule has 0 aromatic carbocycles. The van der Waals surface area contributed by atoms with E-state index in [1.54, 1.807) is 11.3 Å². The molecule has 0 bridgehead atoms. The Morgan fingerprint density at radius 1 is 1.40 bits per heavy atom. The quantitative estimate of drug-likeness (QED) is 0.775. The first-order valence-electron chi connectivity index (χ1n) is 7.20. The van der Waals surface area contributed by atoms with Crippen molar-refractivity contribution < 1.29 is 4.79 Å². The minimum Gasteiger partial charge on any atom is -0.349 e. The number of rotatable bonds is 7. The Balaban J connectivity index is 2.48. The summed E-state index contributed by atoms with van der Waals surface area (Å²) in [6, 6.07) is 0.0594. The molecular weight excluding hydrogens is 268 g/mol. The van der Waals surface area contributed by atoms with Crippen molar-refractivity contribution in [2.45, 2.75) is 59.4 Å². The van der Waals surface area contributed by atoms with Crippen molar-refractivity contribution in [3.63, 3.8) is 0 Å². The van der Waals surface area contributed by atoms with Crippen LogP contribution >= 0.6 is 11.3 Å². The third-order valence-electron chi connectivity index (χ3n) is 3.19. The van der Waals surface area contributed by atoms with Crippen LogP contribution in [0.2, 0.25) is 0 Å². The fraction of sp³-hybridized carbons (Fsp3) is 0.625. The number of nitrogens with zero attached hydrogens (tertiary/aromatic N) is 1. The molecule has 1 N–H and O–H groups in total. The lowest BCUT2D eigenvalue weighted by Gasteiger charge is -2.22. The molecule has 1 atom stereocenters. The lowest BCUT2D eigenvalue weighted by molar-refractivity contribution is -0.121. The van der Waals surface area contributed by atoms with Crippen molar-refractivity contribution in [3.8, 4) is 0 Å². The van der Waals surface area contributed by atoms with Crippen LogP contribution in [0.5, 0.6) is 0 Å². The minimum atomic E-state index is 0.0594. The van der Waals surface area contributed by atoms with Crippen LogP contribution < -0.4 is 5.32 Å². The summed E-state index contributed by atoms with van der Waals surface area (Å²) in [5.41, 5.74) is 2.02. The molecule has 0 spiro atoms. The maximum Gasteiger partial charge on any atom is 0.220 e. The van der Waals surface area contributed by atoms with Crippen LogP contribution in [0, 0.1) is 5.92 Å². The summed E-state index contributed by atoms with van der Waals surface area (Å²) in [5, 5.41) is 6.25. The van der Waals surface area contributed by atoms with E-state index in [0.717, 1.165) is 16.3 Å². The van der Waals surface area contributed by atoms with Gasteiger partial charge in [0.15, 0.2) is 0 Å². The summed E-state index contributed by atoms with van der Waals surface area (Å²) in [7, 11) is 0. The van der Waals surface area contributed by atoms with Gasteiger partial charge in [0.1, 0.15) is 0 Å². The van der Waals surface area contributed by atoms with Crippen molar-refractivity contribution in [2.75, 3.05) is 0 Å². The van der Waals surface area contributed by atoms with E-state index in [9.17, 15) is 4.79 Å². The first kappa shape index (κ1) is 16.9. The van der Waals surface area contributed by atoms with Crippen molar-refractivity contribution in [1.29, 1.82) is 0 Å². The van der Waals surface area contributed by atoms with Crippen LogP contribution in [0.15, 0.2) is 17.5 Å². The number of nitrogens with one attached hydrogen (secondary N) is 1. The normalized spacial score (nSPS) is 12.8. The Kier molecular flexibility index (Phi) is 6.40. The zero-order valence-electron chi connectivity index (χ0n) is 13.2. The number of aromatic nitrogens is 1. The molecule has 4 heteroatoms. The third kappa shape index (κ3) is 5.08. The number of carbonyl (C=O) groups is 1. The van der Waals surface area contributed by atoms with E-state index >= 15 is 0 Å². The molecular formula is C16H26N2OS. The van der Waals surface area contributed by atoms with Crippen LogP contribution in [-0.4, -0.2) is 16.9 Å². The average Bonchev–Trinajstić information content (AvgIpc) is 2.81. The average molecular weight is 294 g/mol. The second kappa shape index (κ2) is 7.58. The van der Waals surface area contributed by atoms with E-state index in [1.807, 2.05) is 6.92 Å². The molecule has 1 rings (SSSR count). The Morgan fingerprint density at radius 3 is 2.50 bits per heavy atom. The van der Waals surface area contributed by atoms with Gasteiger partial charge in [0.25, 0.3) is 0 Å². The van der Waals surface area contributed by atoms with Gasteiger partial charge in [-0.25, -0.2) is 4.98 Å². The number of amides is 1. The lowest BCUT2D eigenvalue weighted by atomic mass is 9.98. The fourth-order valence-corrected chi connectivity index (χ4v) is 2.92. The molecule has 0 radical (unpaired) electrons. The third-order valence-corrected chi connectivity index (χ3v) is 4.38. The number of hydrogen-bond acceptors (Lipinski definition) is 3. The molecule has 1 aromatic rings. The summed E-state index contributed by atoms with van der Waals surface area (Å²) in [4.78, 5) is 16.6. The molecule has 3 nitrogen and oxygen atoms in total. The van der Waals surface area contributed by atoms with E-state index in [2.05, 4.69) is 50.0 Å². The second-order valence-corrected chi connectivity index (χ2v) is 6.86. The number of thiazole rings is 1. The molecule has 112 valence electrons. The highest BCUT2D eigenvalue weighted by Gasteiger charge is 2.16. The monoisotopic (exact) mass is 294 g/mol. The molecule has 0 saturated carbocycles. The minimum absolute atomic E-state index is 0.0594. The topological polar surface area (TPSA) is 42.0 Å². The predicted molar refractivity (Wildman–Crippen MR) is 86.1 cm³/mol. The molecule has 0 aliphatic heterocycles. The zero-order valence-corrected chi connectivity index (χ0v) is 14.0. The van der Waals surface area contributed by atoms with Crippen molar-refractivity contribution in [1.82, 2.24) is 10.3 Å². The molecule has 1 amide bonds. The molecule has 1 unspecified atom stereocenters. The van der Waals surface area contributed by atoms with Crippen molar-refractivity contribution >= 4 is 17.2 Å². The zero-order chi connectivity index (χ0) is 15.3. The summed E-state index contributed by atoms with van der Waals surface area (Å²) in [5.74, 6) is 0.894. The first-order valence-corrected chi connectivity index (χ1v) is 8.08. The highest BCUT2D eigenvalue weighted by molar-refractivity contribution is 7.09. The van der Waals surface area contributed by atoms with Gasteiger partial charge in [-0.1, -0.05) is 39.8 Å². The summed E-state index contributed by atoms with van der Waals surface area (Å²) < 4.78 is 0. The summed E-state index contributed by atoms with van der Waals surface area (Å²) >= 11 is 1.68. The standard InChI is InChI=1S/C16H26N2OS/c1-10(2)15(11(3)4)18-14(19)8-7-13-9-20-16(17-13)12(5)6/h9,11-12,15H,1,7-8H2,2-6H3,(H,18,19). The largest absolute Gasteiger partial charge is 0.349 e. The van der Waals surface area contributed by atoms with Crippen molar-refractivity contribution in [3.05, 3.63) is 28.2 Å². The van der Waals surface area contributed by atoms with Crippen LogP contribution in [0.4, 0.5) is 0 Å². The van der Waals surface area contributed by atoms with E-state index in [1.165, 1.54) is 0 Å². The van der Waals surface area contributed by atoms with E-state index in [0.29, 0.717) is 24.7 Å². The van der Waals surface area contributed by atoms with Gasteiger partial charge < -0.3 is 5.32 Å². The van der Waals surface area contributed by atoms with E-state index in [-0.39, 0.29) is 11.9 Å². The molecule has 0 fully saturated rings. The van der Waals surface area contributed by atoms with Gasteiger partial charge in [0, 0.05) is 17.7 Å². The highest BCUT2D eigenvalue weighted by Crippen LogP contribution is 2.20. The van der Waals surface area contributed by atoms with Gasteiger partial charge in [0.05, 0.1) is 16.7 Å². The second-order valence-electron chi connectivity index (χ2n) is 5.97. The van der Waals surface area contributed by atoms with E-state index in [4.69, 9.17) is 0 Å². The van der Waals surface area contributed by atoms with Gasteiger partial charge in [-0.15, -0.1) is 11.3 Å². The maximum absolute atomic E-state index is 12.0. The number of hydrogen-bond donors (Lipinski definition) is 1. The molecule has 0 aliphatic rings. The summed E-state index contributed by atoms with van der Waals surface area (Å²) in [6.45, 7) is 14.4. The Morgan fingerprint density at radius 2 is 2.05 bits per heavy atom. The van der Waals surface area contributed by atoms with Crippen LogP contribution in [0.1, 0.15) is 57.7 Å². The van der Waals surface area contributed by atoms with Crippen LogP contribution in [-0.2, 0) is 11.2 Å². The van der Waals surface area contributed by atoms with Gasteiger partial charge in [-0.3, -0.25) is 4.79 Å². The molecule has 1 heterocycles. The molecule has 0 saturated heterocycles. The Bertz CT molecular complexity index is 463. The first-order chi connectivity index (χ1) is 9.31. The van der Waals surface area contributed by atoms with Gasteiger partial charge in [-0.2, -0.15) is 0 Å². The molecule has 1 aromatic heterocycles. The summed E-state index contributed by atoms with van der Waals surface area (Å²) in [6.07, 6.45) is 1.19. The predicted octanol–water partition coefficient (Wildman–Crippen LogP) is 3.92. The van der Waals surface area contributed by atoms with Crippen LogP contribution in [0.3, 0.4) is 0 Å². The van der Waals surface area contributed by atoms with Gasteiger partial charge in [0.2, 0.25) is 5.91 Å². The molecule has 0 aliphatic carbocycles. The number of aryl methyl sites for hydroxylation is 1. The van der Waals surface area contributed by atoms with Gasteiger partial charge >= 0.3 is 0 Å². The highest BCUT2D eigenvalue weighted by atomic mass is 32.1.